The molecule has 8 nitrogen and oxygen atoms in total. The molecule has 1 N–H and O–H groups in total. The van der Waals surface area contributed by atoms with Crippen molar-refractivity contribution in [3.63, 3.8) is 0 Å². The summed E-state index contributed by atoms with van der Waals surface area (Å²) in [6.07, 6.45) is 7.58. The molecule has 0 unspecified atom stereocenters. The van der Waals surface area contributed by atoms with Gasteiger partial charge in [0, 0.05) is 49.4 Å². The molecule has 1 saturated heterocycles. The zero-order valence-corrected chi connectivity index (χ0v) is 16.8. The third-order valence-corrected chi connectivity index (χ3v) is 6.63. The quantitative estimate of drug-likeness (QED) is 0.831. The summed E-state index contributed by atoms with van der Waals surface area (Å²) in [5, 5.41) is 0. The van der Waals surface area contributed by atoms with Crippen LogP contribution >= 0.6 is 0 Å². The summed E-state index contributed by atoms with van der Waals surface area (Å²) in [5.74, 6) is 0.905. The first-order valence-corrected chi connectivity index (χ1v) is 10.7. The van der Waals surface area contributed by atoms with Crippen molar-refractivity contribution in [3.05, 3.63) is 57.5 Å². The van der Waals surface area contributed by atoms with Crippen molar-refractivity contribution in [2.24, 2.45) is 5.92 Å². The molecule has 156 valence electrons. The predicted molar refractivity (Wildman–Crippen MR) is 109 cm³/mol. The van der Waals surface area contributed by atoms with Gasteiger partial charge in [-0.25, -0.2) is 4.98 Å². The van der Waals surface area contributed by atoms with E-state index < -0.39 is 0 Å². The molecular formula is C22H25N5O3. The smallest absolute Gasteiger partial charge is 0.255 e. The van der Waals surface area contributed by atoms with Crippen LogP contribution in [0.2, 0.25) is 0 Å². The lowest BCUT2D eigenvalue weighted by atomic mass is 9.84. The minimum Gasteiger partial charge on any atom is -0.338 e. The van der Waals surface area contributed by atoms with Crippen molar-refractivity contribution < 1.29 is 9.59 Å². The second-order valence-electron chi connectivity index (χ2n) is 8.49. The molecule has 1 atom stereocenters. The van der Waals surface area contributed by atoms with Crippen molar-refractivity contribution in [3.8, 4) is 0 Å². The number of nitrogens with one attached hydrogen (secondary N) is 1. The Morgan fingerprint density at radius 2 is 2.00 bits per heavy atom. The number of carbonyl (C=O) groups is 2. The Labute approximate surface area is 174 Å². The molecule has 30 heavy (non-hydrogen) atoms. The molecule has 2 amide bonds. The highest BCUT2D eigenvalue weighted by molar-refractivity contribution is 5.94. The topological polar surface area (TPSA) is 99.3 Å². The number of aromatic nitrogens is 3. The number of hydrogen-bond donors (Lipinski definition) is 1. The van der Waals surface area contributed by atoms with Gasteiger partial charge in [-0.3, -0.25) is 19.4 Å². The van der Waals surface area contributed by atoms with E-state index in [4.69, 9.17) is 4.98 Å². The molecule has 5 rings (SSSR count). The van der Waals surface area contributed by atoms with E-state index in [9.17, 15) is 14.4 Å². The number of fused-ring (bicyclic) bond motifs is 1. The van der Waals surface area contributed by atoms with Crippen LogP contribution in [0.3, 0.4) is 0 Å². The molecule has 2 fully saturated rings. The second kappa shape index (κ2) is 7.66. The van der Waals surface area contributed by atoms with Gasteiger partial charge in [0.15, 0.2) is 0 Å². The SMILES string of the molecule is O=C(c1cccnc1)N1CC[C@H](c2nc3c(c(=O)[nH]2)CCN(C(=O)C2CCC2)C3)C1. The molecule has 0 aromatic carbocycles. The fourth-order valence-electron chi connectivity index (χ4n) is 4.59. The number of H-pyrrole nitrogens is 1. The van der Waals surface area contributed by atoms with Gasteiger partial charge in [0.25, 0.3) is 11.5 Å². The fourth-order valence-corrected chi connectivity index (χ4v) is 4.59. The van der Waals surface area contributed by atoms with Crippen LogP contribution in [0.5, 0.6) is 0 Å². The van der Waals surface area contributed by atoms with Crippen LogP contribution in [0, 0.1) is 5.92 Å². The number of nitrogens with zero attached hydrogens (tertiary/aromatic N) is 4. The van der Waals surface area contributed by atoms with E-state index in [1.165, 1.54) is 0 Å². The first-order chi connectivity index (χ1) is 14.6. The molecule has 2 aromatic rings. The highest BCUT2D eigenvalue weighted by atomic mass is 16.2. The van der Waals surface area contributed by atoms with Crippen LogP contribution in [0.1, 0.15) is 59.0 Å². The summed E-state index contributed by atoms with van der Waals surface area (Å²) >= 11 is 0. The largest absolute Gasteiger partial charge is 0.338 e. The predicted octanol–water partition coefficient (Wildman–Crippen LogP) is 1.48. The Hall–Kier alpha value is -3.03. The summed E-state index contributed by atoms with van der Waals surface area (Å²) in [4.78, 5) is 53.4. The maximum atomic E-state index is 12.7. The molecule has 1 aliphatic carbocycles. The second-order valence-corrected chi connectivity index (χ2v) is 8.49. The number of aromatic amines is 1. The highest BCUT2D eigenvalue weighted by Crippen LogP contribution is 2.30. The lowest BCUT2D eigenvalue weighted by molar-refractivity contribution is -0.139. The Bertz CT molecular complexity index is 1030. The van der Waals surface area contributed by atoms with E-state index >= 15 is 0 Å². The third kappa shape index (κ3) is 3.40. The number of hydrogen-bond acceptors (Lipinski definition) is 5. The average Bonchev–Trinajstić information content (AvgIpc) is 3.22. The fraction of sp³-hybridized carbons (Fsp3) is 0.500. The van der Waals surface area contributed by atoms with E-state index in [2.05, 4.69) is 9.97 Å². The van der Waals surface area contributed by atoms with E-state index in [-0.39, 0.29) is 29.2 Å². The Morgan fingerprint density at radius 3 is 2.73 bits per heavy atom. The minimum absolute atomic E-state index is 0.0127. The summed E-state index contributed by atoms with van der Waals surface area (Å²) in [5.41, 5.74) is 1.86. The zero-order chi connectivity index (χ0) is 20.7. The molecule has 2 aromatic heterocycles. The number of rotatable bonds is 3. The summed E-state index contributed by atoms with van der Waals surface area (Å²) in [6, 6.07) is 3.51. The maximum Gasteiger partial charge on any atom is 0.255 e. The molecule has 1 saturated carbocycles. The molecular weight excluding hydrogens is 382 g/mol. The lowest BCUT2D eigenvalue weighted by Crippen LogP contribution is -2.43. The Balaban J connectivity index is 1.33. The molecule has 4 heterocycles. The van der Waals surface area contributed by atoms with Crippen LogP contribution in [-0.4, -0.2) is 56.2 Å². The van der Waals surface area contributed by atoms with Crippen LogP contribution < -0.4 is 5.56 Å². The van der Waals surface area contributed by atoms with Gasteiger partial charge in [0.1, 0.15) is 5.82 Å². The lowest BCUT2D eigenvalue weighted by Gasteiger charge is -2.34. The number of amides is 2. The Kier molecular flexibility index (Phi) is 4.84. The zero-order valence-electron chi connectivity index (χ0n) is 16.8. The van der Waals surface area contributed by atoms with Crippen molar-refractivity contribution in [1.29, 1.82) is 0 Å². The maximum absolute atomic E-state index is 12.7. The minimum atomic E-state index is -0.109. The summed E-state index contributed by atoms with van der Waals surface area (Å²) in [7, 11) is 0. The average molecular weight is 407 g/mol. The molecule has 8 heteroatoms. The van der Waals surface area contributed by atoms with Gasteiger partial charge in [0.05, 0.1) is 17.8 Å². The number of likely N-dealkylation sites (tertiary alicyclic amines) is 1. The monoisotopic (exact) mass is 407 g/mol. The number of carbonyl (C=O) groups excluding carboxylic acids is 2. The molecule has 2 aliphatic heterocycles. The van der Waals surface area contributed by atoms with Crippen LogP contribution in [0.15, 0.2) is 29.3 Å². The molecule has 3 aliphatic rings. The van der Waals surface area contributed by atoms with E-state index in [0.29, 0.717) is 55.2 Å². The Morgan fingerprint density at radius 1 is 1.13 bits per heavy atom. The van der Waals surface area contributed by atoms with Crippen molar-refractivity contribution in [2.45, 2.75) is 44.6 Å². The van der Waals surface area contributed by atoms with Crippen LogP contribution in [0.4, 0.5) is 0 Å². The molecule has 0 spiro atoms. The summed E-state index contributed by atoms with van der Waals surface area (Å²) in [6.45, 7) is 2.13. The van der Waals surface area contributed by atoms with Gasteiger partial charge in [-0.05, 0) is 37.8 Å². The third-order valence-electron chi connectivity index (χ3n) is 6.63. The van der Waals surface area contributed by atoms with E-state index in [1.807, 2.05) is 4.90 Å². The summed E-state index contributed by atoms with van der Waals surface area (Å²) < 4.78 is 0. The van der Waals surface area contributed by atoms with Gasteiger partial charge in [-0.2, -0.15) is 0 Å². The standard InChI is InChI=1S/C22H25N5O3/c28-20-17-7-10-27(21(29)14-3-1-4-14)13-18(17)24-19(25-20)16-6-9-26(12-16)22(30)15-5-2-8-23-11-15/h2,5,8,11,14,16H,1,3-4,6-7,9-10,12-13H2,(H,24,25,28)/t16-/m0/s1. The normalized spacial score (nSPS) is 21.3. The van der Waals surface area contributed by atoms with Crippen molar-refractivity contribution >= 4 is 11.8 Å². The van der Waals surface area contributed by atoms with Gasteiger partial charge in [-0.15, -0.1) is 0 Å². The van der Waals surface area contributed by atoms with Crippen molar-refractivity contribution in [1.82, 2.24) is 24.8 Å². The van der Waals surface area contributed by atoms with Gasteiger partial charge in [-0.1, -0.05) is 6.42 Å². The van der Waals surface area contributed by atoms with Crippen molar-refractivity contribution in [2.75, 3.05) is 19.6 Å². The molecule has 0 bridgehead atoms. The van der Waals surface area contributed by atoms with E-state index in [0.717, 1.165) is 25.7 Å². The van der Waals surface area contributed by atoms with Gasteiger partial charge in [0.2, 0.25) is 5.91 Å². The highest BCUT2D eigenvalue weighted by Gasteiger charge is 2.34. The van der Waals surface area contributed by atoms with Crippen LogP contribution in [-0.2, 0) is 17.8 Å². The van der Waals surface area contributed by atoms with E-state index in [1.54, 1.807) is 29.4 Å². The molecule has 0 radical (unpaired) electrons. The van der Waals surface area contributed by atoms with Gasteiger partial charge >= 0.3 is 0 Å². The first-order valence-electron chi connectivity index (χ1n) is 10.7. The number of pyridine rings is 1. The van der Waals surface area contributed by atoms with Crippen LogP contribution in [0.25, 0.3) is 0 Å². The van der Waals surface area contributed by atoms with Gasteiger partial charge < -0.3 is 14.8 Å². The first kappa shape index (κ1) is 19.0.